The van der Waals surface area contributed by atoms with Crippen LogP contribution >= 0.6 is 0 Å². The Hall–Kier alpha value is -2.34. The van der Waals surface area contributed by atoms with Crippen LogP contribution in [0.5, 0.6) is 0 Å². The average molecular weight is 302 g/mol. The van der Waals surface area contributed by atoms with E-state index in [1.165, 1.54) is 0 Å². The maximum atomic E-state index is 12.2. The normalized spacial score (nSPS) is 11.7. The number of nitrogens with one attached hydrogen (secondary N) is 1. The molecule has 0 unspecified atom stereocenters. The summed E-state index contributed by atoms with van der Waals surface area (Å²) in [4.78, 5) is 0. The first-order chi connectivity index (χ1) is 10.0. The van der Waals surface area contributed by atoms with Crippen molar-refractivity contribution in [2.75, 3.05) is 4.72 Å². The fourth-order valence-corrected chi connectivity index (χ4v) is 3.27. The second-order valence-electron chi connectivity index (χ2n) is 4.86. The highest BCUT2D eigenvalue weighted by Crippen LogP contribution is 2.21. The first-order valence-electron chi connectivity index (χ1n) is 6.44. The first kappa shape index (κ1) is 13.6. The number of anilines is 1. The van der Waals surface area contributed by atoms with Gasteiger partial charge in [-0.05, 0) is 36.8 Å². The van der Waals surface area contributed by atoms with Crippen molar-refractivity contribution in [2.24, 2.45) is 0 Å². The lowest BCUT2D eigenvalue weighted by Gasteiger charge is -2.07. The lowest BCUT2D eigenvalue weighted by Crippen LogP contribution is -2.15. The van der Waals surface area contributed by atoms with Crippen LogP contribution in [0.15, 0.2) is 53.1 Å². The number of nitrogens with zero attached hydrogens (tertiary/aromatic N) is 1. The SMILES string of the molecule is Cc1cccc(NS(=O)(=O)Cc2noc3ccccc23)c1. The summed E-state index contributed by atoms with van der Waals surface area (Å²) in [6, 6.07) is 14.4. The Kier molecular flexibility index (Phi) is 3.39. The monoisotopic (exact) mass is 302 g/mol. The van der Waals surface area contributed by atoms with Gasteiger partial charge in [-0.3, -0.25) is 4.72 Å². The van der Waals surface area contributed by atoms with Crippen molar-refractivity contribution in [3.63, 3.8) is 0 Å². The second-order valence-corrected chi connectivity index (χ2v) is 6.58. The summed E-state index contributed by atoms with van der Waals surface area (Å²) in [5.41, 5.74) is 2.52. The molecule has 0 aliphatic rings. The van der Waals surface area contributed by atoms with Gasteiger partial charge in [0.05, 0.1) is 0 Å². The number of aryl methyl sites for hydroxylation is 1. The Morgan fingerprint density at radius 1 is 1.14 bits per heavy atom. The molecule has 6 heteroatoms. The van der Waals surface area contributed by atoms with E-state index >= 15 is 0 Å². The highest BCUT2D eigenvalue weighted by Gasteiger charge is 2.17. The van der Waals surface area contributed by atoms with Gasteiger partial charge in [0.2, 0.25) is 10.0 Å². The van der Waals surface area contributed by atoms with Crippen molar-refractivity contribution in [1.29, 1.82) is 0 Å². The summed E-state index contributed by atoms with van der Waals surface area (Å²) in [6.45, 7) is 1.91. The molecule has 3 rings (SSSR count). The van der Waals surface area contributed by atoms with E-state index in [1.54, 1.807) is 30.3 Å². The number of hydrogen-bond donors (Lipinski definition) is 1. The summed E-state index contributed by atoms with van der Waals surface area (Å²) in [7, 11) is -3.54. The summed E-state index contributed by atoms with van der Waals surface area (Å²) in [5, 5.41) is 4.56. The van der Waals surface area contributed by atoms with E-state index in [-0.39, 0.29) is 5.75 Å². The molecule has 0 aliphatic heterocycles. The number of sulfonamides is 1. The summed E-state index contributed by atoms with van der Waals surface area (Å²) >= 11 is 0. The Morgan fingerprint density at radius 2 is 1.95 bits per heavy atom. The highest BCUT2D eigenvalue weighted by molar-refractivity contribution is 7.91. The van der Waals surface area contributed by atoms with E-state index in [0.29, 0.717) is 22.4 Å². The van der Waals surface area contributed by atoms with Gasteiger partial charge < -0.3 is 4.52 Å². The van der Waals surface area contributed by atoms with Gasteiger partial charge in [0.15, 0.2) is 5.58 Å². The van der Waals surface area contributed by atoms with Crippen molar-refractivity contribution >= 4 is 26.7 Å². The molecule has 1 aromatic heterocycles. The minimum Gasteiger partial charge on any atom is -0.356 e. The molecule has 0 atom stereocenters. The molecule has 0 spiro atoms. The Morgan fingerprint density at radius 3 is 2.76 bits per heavy atom. The third kappa shape index (κ3) is 3.05. The molecule has 0 fully saturated rings. The van der Waals surface area contributed by atoms with Gasteiger partial charge in [0, 0.05) is 11.1 Å². The molecule has 21 heavy (non-hydrogen) atoms. The number of benzene rings is 2. The fourth-order valence-electron chi connectivity index (χ4n) is 2.15. The van der Waals surface area contributed by atoms with Crippen LogP contribution in [-0.2, 0) is 15.8 Å². The van der Waals surface area contributed by atoms with Crippen LogP contribution in [0.3, 0.4) is 0 Å². The van der Waals surface area contributed by atoms with E-state index in [9.17, 15) is 8.42 Å². The molecular weight excluding hydrogens is 288 g/mol. The lowest BCUT2D eigenvalue weighted by atomic mass is 10.2. The molecule has 0 saturated heterocycles. The zero-order valence-electron chi connectivity index (χ0n) is 11.4. The number of hydrogen-bond acceptors (Lipinski definition) is 4. The Balaban J connectivity index is 1.86. The van der Waals surface area contributed by atoms with Crippen LogP contribution in [0.2, 0.25) is 0 Å². The number of para-hydroxylation sites is 1. The fraction of sp³-hybridized carbons (Fsp3) is 0.133. The second kappa shape index (κ2) is 5.21. The smallest absolute Gasteiger partial charge is 0.238 e. The Labute approximate surface area is 122 Å². The van der Waals surface area contributed by atoms with Crippen LogP contribution < -0.4 is 4.72 Å². The van der Waals surface area contributed by atoms with E-state index in [1.807, 2.05) is 25.1 Å². The zero-order chi connectivity index (χ0) is 14.9. The molecule has 0 aliphatic carbocycles. The molecule has 108 valence electrons. The molecule has 0 amide bonds. The minimum absolute atomic E-state index is 0.224. The number of fused-ring (bicyclic) bond motifs is 1. The first-order valence-corrected chi connectivity index (χ1v) is 8.09. The van der Waals surface area contributed by atoms with Crippen molar-refractivity contribution in [3.05, 3.63) is 59.8 Å². The largest absolute Gasteiger partial charge is 0.356 e. The van der Waals surface area contributed by atoms with Crippen molar-refractivity contribution in [2.45, 2.75) is 12.7 Å². The summed E-state index contributed by atoms with van der Waals surface area (Å²) < 4.78 is 32.1. The summed E-state index contributed by atoms with van der Waals surface area (Å²) in [5.74, 6) is -0.224. The van der Waals surface area contributed by atoms with E-state index in [0.717, 1.165) is 5.56 Å². The van der Waals surface area contributed by atoms with Crippen LogP contribution in [0.25, 0.3) is 11.0 Å². The molecular formula is C15H14N2O3S. The van der Waals surface area contributed by atoms with Crippen LogP contribution in [0.4, 0.5) is 5.69 Å². The van der Waals surface area contributed by atoms with E-state index in [2.05, 4.69) is 9.88 Å². The van der Waals surface area contributed by atoms with Crippen LogP contribution in [0.1, 0.15) is 11.3 Å². The van der Waals surface area contributed by atoms with Gasteiger partial charge in [-0.1, -0.05) is 29.4 Å². The van der Waals surface area contributed by atoms with Crippen LogP contribution in [-0.4, -0.2) is 13.6 Å². The maximum absolute atomic E-state index is 12.2. The zero-order valence-corrected chi connectivity index (χ0v) is 12.2. The van der Waals surface area contributed by atoms with Gasteiger partial charge >= 0.3 is 0 Å². The molecule has 1 heterocycles. The topological polar surface area (TPSA) is 72.2 Å². The predicted octanol–water partition coefficient (Wildman–Crippen LogP) is 3.08. The van der Waals surface area contributed by atoms with E-state index < -0.39 is 10.0 Å². The average Bonchev–Trinajstić information content (AvgIpc) is 2.81. The van der Waals surface area contributed by atoms with Gasteiger partial charge in [-0.15, -0.1) is 0 Å². The molecule has 2 aromatic carbocycles. The molecule has 5 nitrogen and oxygen atoms in total. The third-order valence-corrected chi connectivity index (χ3v) is 4.27. The quantitative estimate of drug-likeness (QED) is 0.804. The molecule has 0 saturated carbocycles. The minimum atomic E-state index is -3.54. The maximum Gasteiger partial charge on any atom is 0.238 e. The predicted molar refractivity (Wildman–Crippen MR) is 81.4 cm³/mol. The number of aromatic nitrogens is 1. The highest BCUT2D eigenvalue weighted by atomic mass is 32.2. The van der Waals surface area contributed by atoms with Crippen molar-refractivity contribution < 1.29 is 12.9 Å². The van der Waals surface area contributed by atoms with E-state index in [4.69, 9.17) is 4.52 Å². The summed E-state index contributed by atoms with van der Waals surface area (Å²) in [6.07, 6.45) is 0. The van der Waals surface area contributed by atoms with Crippen molar-refractivity contribution in [3.8, 4) is 0 Å². The molecule has 3 aromatic rings. The van der Waals surface area contributed by atoms with Crippen molar-refractivity contribution in [1.82, 2.24) is 5.16 Å². The lowest BCUT2D eigenvalue weighted by molar-refractivity contribution is 0.448. The molecule has 1 N–H and O–H groups in total. The van der Waals surface area contributed by atoms with Crippen LogP contribution in [0, 0.1) is 6.92 Å². The van der Waals surface area contributed by atoms with Gasteiger partial charge in [0.25, 0.3) is 0 Å². The Bertz CT molecular complexity index is 885. The third-order valence-electron chi connectivity index (χ3n) is 3.07. The molecule has 0 bridgehead atoms. The molecule has 0 radical (unpaired) electrons. The number of rotatable bonds is 4. The standard InChI is InChI=1S/C15H14N2O3S/c1-11-5-4-6-12(9-11)17-21(18,19)10-14-13-7-2-3-8-15(13)20-16-14/h2-9,17H,10H2,1H3. The van der Waals surface area contributed by atoms with Gasteiger partial charge in [-0.25, -0.2) is 8.42 Å². The van der Waals surface area contributed by atoms with Gasteiger partial charge in [0.1, 0.15) is 11.4 Å². The van der Waals surface area contributed by atoms with Gasteiger partial charge in [-0.2, -0.15) is 0 Å².